The fourth-order valence-electron chi connectivity index (χ4n) is 4.78. The van der Waals surface area contributed by atoms with Crippen LogP contribution in [0.25, 0.3) is 5.57 Å². The topological polar surface area (TPSA) is 9.23 Å². The second-order valence-corrected chi connectivity index (χ2v) is 11.6. The van der Waals surface area contributed by atoms with Crippen LogP contribution in [0.15, 0.2) is 48.6 Å². The molecule has 1 nitrogen and oxygen atoms in total. The van der Waals surface area contributed by atoms with E-state index in [4.69, 9.17) is 4.74 Å². The van der Waals surface area contributed by atoms with Gasteiger partial charge in [-0.2, -0.15) is 8.78 Å². The Morgan fingerprint density at radius 1 is 1.14 bits per heavy atom. The highest BCUT2D eigenvalue weighted by Crippen LogP contribution is 2.45. The number of allylic oxidation sites excluding steroid dienone is 2. The zero-order chi connectivity index (χ0) is 20.0. The summed E-state index contributed by atoms with van der Waals surface area (Å²) >= 11 is 0. The van der Waals surface area contributed by atoms with Gasteiger partial charge in [0, 0.05) is 8.80 Å². The molecule has 0 radical (unpaired) electrons. The second-order valence-electron chi connectivity index (χ2n) is 8.17. The highest BCUT2D eigenvalue weighted by molar-refractivity contribution is 6.59. The van der Waals surface area contributed by atoms with Crippen molar-refractivity contribution >= 4 is 14.4 Å². The quantitative estimate of drug-likeness (QED) is 0.340. The van der Waals surface area contributed by atoms with Gasteiger partial charge in [0.2, 0.25) is 0 Å². The first kappa shape index (κ1) is 21.4. The van der Waals surface area contributed by atoms with Crippen LogP contribution in [0.2, 0.25) is 18.1 Å². The smallest absolute Gasteiger partial charge is 0.308 e. The van der Waals surface area contributed by atoms with E-state index < -0.39 is 27.2 Å². The first-order valence-electron chi connectivity index (χ1n) is 10.6. The van der Waals surface area contributed by atoms with Crippen LogP contribution in [-0.4, -0.2) is 27.2 Å². The number of halogens is 3. The maximum absolute atomic E-state index is 15.4. The molecule has 1 aliphatic heterocycles. The van der Waals surface area contributed by atoms with Gasteiger partial charge in [-0.25, -0.2) is 4.39 Å². The third kappa shape index (κ3) is 4.98. The van der Waals surface area contributed by atoms with Crippen molar-refractivity contribution in [2.45, 2.75) is 75.5 Å². The van der Waals surface area contributed by atoms with Crippen LogP contribution >= 0.6 is 0 Å². The van der Waals surface area contributed by atoms with E-state index in [9.17, 15) is 8.78 Å². The minimum atomic E-state index is -2.98. The molecule has 0 spiro atoms. The standard InChI is InChI=1S/C23H31F3OSi/c1-2-3-7-14-28-15-11-20(12-16-28)23(27-22(25)26)13-10-19(17-21(23)24)18-8-5-4-6-9-18/h4-6,8-10,13,17,20-22,28H,2-3,7,11-12,14-16H2,1H3/t20-,21?,23?,28-. The molecule has 0 bridgehead atoms. The van der Waals surface area contributed by atoms with E-state index in [0.29, 0.717) is 0 Å². The van der Waals surface area contributed by atoms with Gasteiger partial charge in [-0.1, -0.05) is 80.7 Å². The van der Waals surface area contributed by atoms with E-state index in [1.807, 2.05) is 30.3 Å². The fraction of sp³-hybridized carbons (Fsp3) is 0.565. The van der Waals surface area contributed by atoms with Crippen molar-refractivity contribution in [2.75, 3.05) is 0 Å². The van der Waals surface area contributed by atoms with E-state index in [1.165, 1.54) is 31.4 Å². The maximum atomic E-state index is 15.4. The summed E-state index contributed by atoms with van der Waals surface area (Å²) in [6, 6.07) is 13.0. The molecular formula is C23H31F3OSi. The number of hydrogen-bond acceptors (Lipinski definition) is 1. The van der Waals surface area contributed by atoms with Crippen molar-refractivity contribution in [3.63, 3.8) is 0 Å². The minimum Gasteiger partial charge on any atom is -0.308 e. The van der Waals surface area contributed by atoms with Crippen LogP contribution < -0.4 is 0 Å². The predicted molar refractivity (Wildman–Crippen MR) is 112 cm³/mol. The summed E-state index contributed by atoms with van der Waals surface area (Å²) in [5, 5.41) is 0. The van der Waals surface area contributed by atoms with Crippen molar-refractivity contribution in [3.8, 4) is 0 Å². The van der Waals surface area contributed by atoms with Gasteiger partial charge in [-0.3, -0.25) is 0 Å². The van der Waals surface area contributed by atoms with Gasteiger partial charge >= 0.3 is 6.61 Å². The molecule has 0 saturated carbocycles. The third-order valence-corrected chi connectivity index (χ3v) is 9.91. The van der Waals surface area contributed by atoms with Crippen molar-refractivity contribution in [1.29, 1.82) is 0 Å². The molecule has 2 atom stereocenters. The molecule has 0 N–H and O–H groups in total. The molecule has 0 aromatic heterocycles. The molecule has 1 aromatic carbocycles. The van der Waals surface area contributed by atoms with Crippen molar-refractivity contribution in [1.82, 2.24) is 0 Å². The van der Waals surface area contributed by atoms with E-state index in [1.54, 1.807) is 12.2 Å². The van der Waals surface area contributed by atoms with Crippen LogP contribution in [0.4, 0.5) is 13.2 Å². The molecule has 5 heteroatoms. The molecule has 1 aromatic rings. The Morgan fingerprint density at radius 2 is 1.86 bits per heavy atom. The summed E-state index contributed by atoms with van der Waals surface area (Å²) in [4.78, 5) is 0. The Labute approximate surface area is 168 Å². The normalized spacial score (nSPS) is 30.5. The number of rotatable bonds is 8. The van der Waals surface area contributed by atoms with Crippen LogP contribution in [0.1, 0.15) is 44.6 Å². The Hall–Kier alpha value is -1.33. The van der Waals surface area contributed by atoms with Crippen molar-refractivity contribution in [3.05, 3.63) is 54.1 Å². The average Bonchev–Trinajstić information content (AvgIpc) is 2.70. The zero-order valence-corrected chi connectivity index (χ0v) is 17.8. The van der Waals surface area contributed by atoms with Gasteiger partial charge in [0.25, 0.3) is 0 Å². The van der Waals surface area contributed by atoms with E-state index in [0.717, 1.165) is 36.1 Å². The molecule has 1 aliphatic carbocycles. The SMILES string of the molecule is CCCCC[Si@H]1CC[C@H](C2(OC(F)F)C=CC(c3ccccc3)=CC2F)CC1. The lowest BCUT2D eigenvalue weighted by molar-refractivity contribution is -0.224. The molecular weight excluding hydrogens is 377 g/mol. The molecule has 0 amide bonds. The molecule has 2 unspecified atom stereocenters. The fourth-order valence-corrected chi connectivity index (χ4v) is 8.26. The van der Waals surface area contributed by atoms with Gasteiger partial charge in [0.15, 0.2) is 6.17 Å². The molecule has 28 heavy (non-hydrogen) atoms. The lowest BCUT2D eigenvalue weighted by Crippen LogP contribution is -2.50. The molecule has 1 fully saturated rings. The molecule has 154 valence electrons. The number of unbranched alkanes of at least 4 members (excludes halogenated alkanes) is 2. The summed E-state index contributed by atoms with van der Waals surface area (Å²) in [7, 11) is -0.804. The summed E-state index contributed by atoms with van der Waals surface area (Å²) in [5.41, 5.74) is 0.0817. The van der Waals surface area contributed by atoms with Crippen LogP contribution in [0, 0.1) is 5.92 Å². The van der Waals surface area contributed by atoms with Crippen LogP contribution in [0.3, 0.4) is 0 Å². The van der Waals surface area contributed by atoms with Gasteiger partial charge in [-0.15, -0.1) is 0 Å². The number of benzene rings is 1. The van der Waals surface area contributed by atoms with Gasteiger partial charge < -0.3 is 4.74 Å². The molecule has 3 rings (SSSR count). The Morgan fingerprint density at radius 3 is 2.46 bits per heavy atom. The lowest BCUT2D eigenvalue weighted by atomic mass is 9.75. The lowest BCUT2D eigenvalue weighted by Gasteiger charge is -2.44. The van der Waals surface area contributed by atoms with E-state index in [-0.39, 0.29) is 5.92 Å². The van der Waals surface area contributed by atoms with Gasteiger partial charge in [-0.05, 0) is 42.0 Å². The first-order valence-corrected chi connectivity index (χ1v) is 13.1. The predicted octanol–water partition coefficient (Wildman–Crippen LogP) is 6.78. The number of hydrogen-bond donors (Lipinski definition) is 0. The first-order chi connectivity index (χ1) is 13.5. The summed E-state index contributed by atoms with van der Waals surface area (Å²) in [6.45, 7) is -0.771. The molecule has 2 aliphatic rings. The molecule has 1 heterocycles. The zero-order valence-electron chi connectivity index (χ0n) is 16.6. The highest BCUT2D eigenvalue weighted by atomic mass is 28.3. The summed E-state index contributed by atoms with van der Waals surface area (Å²) < 4.78 is 46.9. The number of ether oxygens (including phenoxy) is 1. The Bertz CT molecular complexity index is 668. The van der Waals surface area contributed by atoms with Crippen LogP contribution in [0.5, 0.6) is 0 Å². The van der Waals surface area contributed by atoms with E-state index >= 15 is 4.39 Å². The van der Waals surface area contributed by atoms with Gasteiger partial charge in [0.05, 0.1) is 0 Å². The summed E-state index contributed by atoms with van der Waals surface area (Å²) in [6.07, 6.45) is 8.62. The maximum Gasteiger partial charge on any atom is 0.346 e. The monoisotopic (exact) mass is 408 g/mol. The molecule has 1 saturated heterocycles. The largest absolute Gasteiger partial charge is 0.346 e. The third-order valence-electron chi connectivity index (χ3n) is 6.38. The minimum absolute atomic E-state index is 0.184. The number of alkyl halides is 3. The summed E-state index contributed by atoms with van der Waals surface area (Å²) in [5.74, 6) is -0.184. The average molecular weight is 409 g/mol. The van der Waals surface area contributed by atoms with Crippen LogP contribution in [-0.2, 0) is 4.74 Å². The van der Waals surface area contributed by atoms with E-state index in [2.05, 4.69) is 6.92 Å². The second kappa shape index (κ2) is 9.93. The highest BCUT2D eigenvalue weighted by Gasteiger charge is 2.48. The van der Waals surface area contributed by atoms with Crippen molar-refractivity contribution < 1.29 is 17.9 Å². The van der Waals surface area contributed by atoms with Crippen molar-refractivity contribution in [2.24, 2.45) is 5.92 Å². The Balaban J connectivity index is 1.72. The van der Waals surface area contributed by atoms with Gasteiger partial charge in [0.1, 0.15) is 5.60 Å². The Kier molecular flexibility index (Phi) is 7.58.